The van der Waals surface area contributed by atoms with Gasteiger partial charge in [-0.3, -0.25) is 15.0 Å². The van der Waals surface area contributed by atoms with Crippen LogP contribution < -0.4 is 4.90 Å². The minimum atomic E-state index is -5.08. The van der Waals surface area contributed by atoms with Gasteiger partial charge in [0.15, 0.2) is 0 Å². The Morgan fingerprint density at radius 2 is 1.68 bits per heavy atom. The summed E-state index contributed by atoms with van der Waals surface area (Å²) in [5.74, 6) is -0.156. The summed E-state index contributed by atoms with van der Waals surface area (Å²) in [5, 5.41) is 8.61. The lowest BCUT2D eigenvalue weighted by molar-refractivity contribution is -0.142. The van der Waals surface area contributed by atoms with E-state index in [-0.39, 0.29) is 11.9 Å². The average molecular weight is 517 g/mol. The van der Waals surface area contributed by atoms with Crippen molar-refractivity contribution in [3.63, 3.8) is 0 Å². The minimum Gasteiger partial charge on any atom is -0.351 e. The fraction of sp³-hybridized carbons (Fsp3) is 0.250. The second-order valence-electron chi connectivity index (χ2n) is 8.19. The highest BCUT2D eigenvalue weighted by Crippen LogP contribution is 2.42. The molecule has 190 valence electrons. The highest BCUT2D eigenvalue weighted by molar-refractivity contribution is 5.92. The van der Waals surface area contributed by atoms with E-state index in [0.717, 1.165) is 6.33 Å². The Balaban J connectivity index is 1.89. The second kappa shape index (κ2) is 9.27. The normalized spacial score (nSPS) is 12.9. The molecule has 1 aromatic carbocycles. The Labute approximate surface area is 206 Å². The number of nitrogens with zero attached hydrogens (tertiary/aromatic N) is 7. The van der Waals surface area contributed by atoms with Crippen molar-refractivity contribution in [3.05, 3.63) is 71.1 Å². The van der Waals surface area contributed by atoms with E-state index < -0.39 is 40.4 Å². The summed E-state index contributed by atoms with van der Waals surface area (Å²) >= 11 is 0. The van der Waals surface area contributed by atoms with Crippen molar-refractivity contribution in [2.75, 3.05) is 11.9 Å². The van der Waals surface area contributed by atoms with Crippen LogP contribution in [0.15, 0.2) is 43.0 Å². The summed E-state index contributed by atoms with van der Waals surface area (Å²) in [7, 11) is 1.47. The number of halogens is 6. The van der Waals surface area contributed by atoms with E-state index in [1.165, 1.54) is 30.4 Å². The third-order valence-corrected chi connectivity index (χ3v) is 5.72. The van der Waals surface area contributed by atoms with E-state index in [1.54, 1.807) is 19.9 Å². The average Bonchev–Trinajstić information content (AvgIpc) is 2.85. The maximum Gasteiger partial charge on any atom is 0.418 e. The number of rotatable bonds is 4. The number of anilines is 1. The maximum absolute atomic E-state index is 13.7. The Kier molecular flexibility index (Phi) is 6.45. The zero-order valence-corrected chi connectivity index (χ0v) is 19.5. The van der Waals surface area contributed by atoms with Gasteiger partial charge < -0.3 is 4.90 Å². The van der Waals surface area contributed by atoms with E-state index in [0.29, 0.717) is 34.4 Å². The molecule has 13 heteroatoms. The van der Waals surface area contributed by atoms with Crippen LogP contribution in [0.3, 0.4) is 0 Å². The van der Waals surface area contributed by atoms with Gasteiger partial charge in [-0.1, -0.05) is 0 Å². The lowest BCUT2D eigenvalue weighted by Gasteiger charge is -2.28. The van der Waals surface area contributed by atoms with Crippen molar-refractivity contribution in [2.45, 2.75) is 32.2 Å². The quantitative estimate of drug-likeness (QED) is 0.312. The van der Waals surface area contributed by atoms with E-state index >= 15 is 0 Å². The first-order valence-electron chi connectivity index (χ1n) is 10.7. The van der Waals surface area contributed by atoms with Gasteiger partial charge in [-0.15, -0.1) is 0 Å². The van der Waals surface area contributed by atoms with Gasteiger partial charge >= 0.3 is 12.4 Å². The van der Waals surface area contributed by atoms with Gasteiger partial charge in [0, 0.05) is 24.8 Å². The van der Waals surface area contributed by atoms with Crippen molar-refractivity contribution in [3.8, 4) is 17.5 Å². The number of aryl methyl sites for hydroxylation is 1. The molecule has 0 saturated carbocycles. The summed E-state index contributed by atoms with van der Waals surface area (Å²) in [4.78, 5) is 22.2. The SMILES string of the molecule is Cc1cnc(-c2ccc(C#N)cn2)c([C@H](C)N(C)c2ncnc3c(C(F)(F)F)cc(C(F)(F)F)cc23)n1. The largest absolute Gasteiger partial charge is 0.418 e. The Hall–Kier alpha value is -4.34. The molecule has 0 aliphatic heterocycles. The standard InChI is InChI=1S/C24H17F6N7/c1-12-9-33-21(18-5-4-14(8-31)10-32-18)19(36-12)13(2)37(3)22-16-6-15(23(25,26)27)7-17(24(28,29)30)20(16)34-11-35-22/h4-7,9-11,13H,1-3H3/t13-/m0/s1. The molecule has 0 fully saturated rings. The summed E-state index contributed by atoms with van der Waals surface area (Å²) in [6.45, 7) is 3.34. The third-order valence-electron chi connectivity index (χ3n) is 5.72. The highest BCUT2D eigenvalue weighted by atomic mass is 19.4. The number of fused-ring (bicyclic) bond motifs is 1. The van der Waals surface area contributed by atoms with Crippen LogP contribution in [0.2, 0.25) is 0 Å². The lowest BCUT2D eigenvalue weighted by atomic mass is 10.0. The Morgan fingerprint density at radius 3 is 2.27 bits per heavy atom. The van der Waals surface area contributed by atoms with Gasteiger partial charge in [-0.25, -0.2) is 9.97 Å². The van der Waals surface area contributed by atoms with Crippen molar-refractivity contribution in [1.82, 2.24) is 24.9 Å². The van der Waals surface area contributed by atoms with Crippen molar-refractivity contribution < 1.29 is 26.3 Å². The molecule has 0 N–H and O–H groups in total. The smallest absolute Gasteiger partial charge is 0.351 e. The van der Waals surface area contributed by atoms with Crippen LogP contribution in [0.4, 0.5) is 32.2 Å². The van der Waals surface area contributed by atoms with Crippen LogP contribution in [0.1, 0.15) is 41.0 Å². The van der Waals surface area contributed by atoms with Crippen LogP contribution >= 0.6 is 0 Å². The molecule has 0 saturated heterocycles. The second-order valence-corrected chi connectivity index (χ2v) is 8.19. The molecule has 37 heavy (non-hydrogen) atoms. The van der Waals surface area contributed by atoms with E-state index in [2.05, 4.69) is 24.9 Å². The predicted octanol–water partition coefficient (Wildman–Crippen LogP) is 5.90. The summed E-state index contributed by atoms with van der Waals surface area (Å²) in [6.07, 6.45) is -6.39. The fourth-order valence-electron chi connectivity index (χ4n) is 3.77. The maximum atomic E-state index is 13.7. The monoisotopic (exact) mass is 517 g/mol. The van der Waals surface area contributed by atoms with Gasteiger partial charge in [0.2, 0.25) is 0 Å². The molecule has 4 rings (SSSR count). The van der Waals surface area contributed by atoms with E-state index in [1.807, 2.05) is 6.07 Å². The molecule has 0 aliphatic carbocycles. The predicted molar refractivity (Wildman–Crippen MR) is 121 cm³/mol. The van der Waals surface area contributed by atoms with Crippen molar-refractivity contribution in [2.24, 2.45) is 0 Å². The topological polar surface area (TPSA) is 91.5 Å². The van der Waals surface area contributed by atoms with Crippen molar-refractivity contribution >= 4 is 16.7 Å². The fourth-order valence-corrected chi connectivity index (χ4v) is 3.77. The molecule has 0 radical (unpaired) electrons. The van der Waals surface area contributed by atoms with Gasteiger partial charge in [0.25, 0.3) is 0 Å². The molecule has 0 amide bonds. The van der Waals surface area contributed by atoms with Crippen LogP contribution in [0.5, 0.6) is 0 Å². The summed E-state index contributed by atoms with van der Waals surface area (Å²) in [5.41, 5.74) is -1.72. The van der Waals surface area contributed by atoms with Crippen molar-refractivity contribution in [1.29, 1.82) is 5.26 Å². The molecule has 3 heterocycles. The lowest BCUT2D eigenvalue weighted by Crippen LogP contribution is -2.25. The Morgan fingerprint density at radius 1 is 0.946 bits per heavy atom. The highest BCUT2D eigenvalue weighted by Gasteiger charge is 2.39. The van der Waals surface area contributed by atoms with Crippen LogP contribution in [0.25, 0.3) is 22.3 Å². The first-order chi connectivity index (χ1) is 17.3. The minimum absolute atomic E-state index is 0.0449. The molecule has 0 spiro atoms. The number of aromatic nitrogens is 5. The molecule has 4 aromatic rings. The summed E-state index contributed by atoms with van der Waals surface area (Å²) in [6, 6.07) is 5.00. The summed E-state index contributed by atoms with van der Waals surface area (Å²) < 4.78 is 81.6. The van der Waals surface area contributed by atoms with Crippen LogP contribution in [0, 0.1) is 18.3 Å². The molecule has 0 aliphatic rings. The number of nitriles is 1. The zero-order chi connectivity index (χ0) is 27.1. The Bertz CT molecular complexity index is 1510. The van der Waals surface area contributed by atoms with Crippen LogP contribution in [-0.2, 0) is 12.4 Å². The molecule has 1 atom stereocenters. The molecular formula is C24H17F6N7. The zero-order valence-electron chi connectivity index (χ0n) is 19.5. The number of alkyl halides is 6. The van der Waals surface area contributed by atoms with Gasteiger partial charge in [-0.05, 0) is 38.1 Å². The number of hydrogen-bond acceptors (Lipinski definition) is 7. The van der Waals surface area contributed by atoms with Gasteiger partial charge in [-0.2, -0.15) is 31.6 Å². The van der Waals surface area contributed by atoms with Gasteiger partial charge in [0.05, 0.1) is 45.3 Å². The number of pyridine rings is 1. The van der Waals surface area contributed by atoms with Gasteiger partial charge in [0.1, 0.15) is 23.9 Å². The first kappa shape index (κ1) is 25.7. The van der Waals surface area contributed by atoms with E-state index in [9.17, 15) is 26.3 Å². The molecule has 3 aromatic heterocycles. The van der Waals surface area contributed by atoms with Crippen LogP contribution in [-0.4, -0.2) is 32.0 Å². The third kappa shape index (κ3) is 5.00. The molecule has 0 bridgehead atoms. The number of hydrogen-bond donors (Lipinski definition) is 0. The molecular weight excluding hydrogens is 500 g/mol. The molecule has 7 nitrogen and oxygen atoms in total. The first-order valence-corrected chi connectivity index (χ1v) is 10.7. The molecule has 0 unspecified atom stereocenters. The van der Waals surface area contributed by atoms with E-state index in [4.69, 9.17) is 5.26 Å². The number of benzene rings is 1.